The number of hydrogen-bond acceptors (Lipinski definition) is 4. The van der Waals surface area contributed by atoms with E-state index in [4.69, 9.17) is 11.6 Å². The number of alkyl halides is 2. The predicted octanol–water partition coefficient (Wildman–Crippen LogP) is -0.467. The number of fused-ring (bicyclic) bond motifs is 1. The van der Waals surface area contributed by atoms with Gasteiger partial charge >= 0.3 is 5.92 Å². The van der Waals surface area contributed by atoms with Crippen molar-refractivity contribution < 1.29 is 28.0 Å². The number of amides is 4. The molecule has 0 spiro atoms. The highest BCUT2D eigenvalue weighted by Gasteiger charge is 2.54. The van der Waals surface area contributed by atoms with Crippen LogP contribution in [0.2, 0.25) is 16.7 Å². The zero-order valence-corrected chi connectivity index (χ0v) is 20.1. The fourth-order valence-corrected chi connectivity index (χ4v) is 4.71. The second-order valence-electron chi connectivity index (χ2n) is 9.19. The summed E-state index contributed by atoms with van der Waals surface area (Å²) in [6.07, 6.45) is 0. The Bertz CT molecular complexity index is 1250. The van der Waals surface area contributed by atoms with E-state index in [0.717, 1.165) is 12.1 Å². The van der Waals surface area contributed by atoms with Gasteiger partial charge in [-0.15, -0.1) is 0 Å². The fraction of sp³-hybridized carbons (Fsp3) is 0.273. The second kappa shape index (κ2) is 8.82. The maximum atomic E-state index is 14.5. The Morgan fingerprint density at radius 2 is 1.83 bits per heavy atom. The van der Waals surface area contributed by atoms with E-state index < -0.39 is 40.4 Å². The van der Waals surface area contributed by atoms with Crippen molar-refractivity contribution >= 4 is 58.8 Å². The monoisotopic (exact) mass is 497 g/mol. The summed E-state index contributed by atoms with van der Waals surface area (Å²) in [6, 6.07) is 9.53. The zero-order chi connectivity index (χ0) is 25.7. The second-order valence-corrected chi connectivity index (χ2v) is 9.63. The molecule has 0 saturated carbocycles. The highest BCUT2D eigenvalue weighted by Crippen LogP contribution is 2.41. The molecule has 4 rings (SSSR count). The average Bonchev–Trinajstić information content (AvgIpc) is 3.16. The Morgan fingerprint density at radius 1 is 1.17 bits per heavy atom. The third-order valence-electron chi connectivity index (χ3n) is 7.23. The molecule has 0 bridgehead atoms. The first-order valence-electron chi connectivity index (χ1n) is 11.1. The predicted molar refractivity (Wildman–Crippen MR) is 133 cm³/mol. The molecule has 2 aliphatic heterocycles. The van der Waals surface area contributed by atoms with Crippen LogP contribution in [0, 0.1) is 0 Å². The first-order chi connectivity index (χ1) is 16.4. The van der Waals surface area contributed by atoms with Gasteiger partial charge in [-0.05, 0) is 35.1 Å². The molecule has 2 aliphatic rings. The van der Waals surface area contributed by atoms with Crippen molar-refractivity contribution in [3.8, 4) is 0 Å². The smallest absolute Gasteiger partial charge is 0.346 e. The van der Waals surface area contributed by atoms with Gasteiger partial charge in [0, 0.05) is 35.1 Å². The van der Waals surface area contributed by atoms with Crippen molar-refractivity contribution in [2.24, 2.45) is 0 Å². The van der Waals surface area contributed by atoms with E-state index in [1.54, 1.807) is 41.7 Å². The zero-order valence-electron chi connectivity index (χ0n) is 19.3. The normalized spacial score (nSPS) is 24.2. The summed E-state index contributed by atoms with van der Waals surface area (Å²) in [5.41, 5.74) is -0.198. The van der Waals surface area contributed by atoms with Gasteiger partial charge in [0.1, 0.15) is 23.5 Å². The van der Waals surface area contributed by atoms with Crippen molar-refractivity contribution in [2.75, 3.05) is 0 Å². The highest BCUT2D eigenvalue weighted by atomic mass is 35.5. The molecule has 1 fully saturated rings. The molecule has 1 saturated heterocycles. The Balaban J connectivity index is 1.50. The standard InChI is InChI=1S/C22H21B3ClF2N3O4/c23-15-16(24)21(25,19(34)30-17(15)32)31-9-11-7-10(1-6-14(11)18(31)33)8-29-20(35)22(27,28)12-2-4-13(26)5-3-12/h1-7,15-16H,8-9,23-25H2,(H,29,35)(H,30,32,34). The lowest BCUT2D eigenvalue weighted by molar-refractivity contribution is -0.147. The van der Waals surface area contributed by atoms with Crippen LogP contribution in [-0.2, 0) is 33.4 Å². The summed E-state index contributed by atoms with van der Waals surface area (Å²) in [4.78, 5) is 51.6. The third-order valence-corrected chi connectivity index (χ3v) is 7.48. The summed E-state index contributed by atoms with van der Waals surface area (Å²) >= 11 is 5.73. The van der Waals surface area contributed by atoms with Crippen LogP contribution in [0.1, 0.15) is 27.0 Å². The quantitative estimate of drug-likeness (QED) is 0.432. The van der Waals surface area contributed by atoms with E-state index in [1.807, 2.05) is 0 Å². The number of carbonyl (C=O) groups excluding carboxylic acids is 4. The fourth-order valence-electron chi connectivity index (χ4n) is 4.58. The minimum Gasteiger partial charge on any atom is -0.346 e. The van der Waals surface area contributed by atoms with E-state index >= 15 is 0 Å². The molecule has 0 radical (unpaired) electrons. The number of halogens is 3. The van der Waals surface area contributed by atoms with E-state index in [0.29, 0.717) is 16.7 Å². The molecule has 2 aromatic carbocycles. The van der Waals surface area contributed by atoms with Crippen molar-refractivity contribution in [3.05, 3.63) is 69.7 Å². The summed E-state index contributed by atoms with van der Waals surface area (Å²) in [6.45, 7) is -0.0603. The number of rotatable bonds is 5. The highest BCUT2D eigenvalue weighted by molar-refractivity contribution is 6.43. The molecule has 0 aromatic heterocycles. The van der Waals surface area contributed by atoms with Gasteiger partial charge in [-0.1, -0.05) is 35.9 Å². The van der Waals surface area contributed by atoms with Crippen LogP contribution in [0.5, 0.6) is 0 Å². The largest absolute Gasteiger partial charge is 0.349 e. The molecule has 7 nitrogen and oxygen atoms in total. The molecule has 4 amide bonds. The van der Waals surface area contributed by atoms with Crippen LogP contribution in [0.3, 0.4) is 0 Å². The van der Waals surface area contributed by atoms with Crippen LogP contribution in [0.4, 0.5) is 8.78 Å². The SMILES string of the molecule is BC1C(=O)NC(=O)C(B)(N2Cc3cc(CNC(=O)C(F)(F)c4ccc(Cl)cc4)ccc3C2=O)C1B. The van der Waals surface area contributed by atoms with Crippen molar-refractivity contribution in [2.45, 2.75) is 36.1 Å². The lowest BCUT2D eigenvalue weighted by Crippen LogP contribution is -2.67. The first-order valence-corrected chi connectivity index (χ1v) is 11.5. The Morgan fingerprint density at radius 3 is 2.49 bits per heavy atom. The van der Waals surface area contributed by atoms with Gasteiger partial charge in [-0.25, -0.2) is 0 Å². The van der Waals surface area contributed by atoms with Gasteiger partial charge in [-0.2, -0.15) is 8.78 Å². The molecule has 3 unspecified atom stereocenters. The topological polar surface area (TPSA) is 95.6 Å². The number of nitrogens with one attached hydrogen (secondary N) is 2. The summed E-state index contributed by atoms with van der Waals surface area (Å²) < 4.78 is 29.0. The van der Waals surface area contributed by atoms with E-state index in [1.165, 1.54) is 17.0 Å². The van der Waals surface area contributed by atoms with Crippen molar-refractivity contribution in [3.63, 3.8) is 0 Å². The summed E-state index contributed by atoms with van der Waals surface area (Å²) in [7, 11) is 5.11. The Kier molecular flexibility index (Phi) is 6.29. The number of imide groups is 1. The van der Waals surface area contributed by atoms with Crippen molar-refractivity contribution in [1.29, 1.82) is 0 Å². The molecule has 13 heteroatoms. The molecule has 2 aromatic rings. The third kappa shape index (κ3) is 4.13. The molecule has 2 heterocycles. The number of piperidine rings is 1. The molecular weight excluding hydrogens is 476 g/mol. The Labute approximate surface area is 208 Å². The molecule has 2 N–H and O–H groups in total. The maximum absolute atomic E-state index is 14.5. The van der Waals surface area contributed by atoms with E-state index in [2.05, 4.69) is 10.6 Å². The molecule has 35 heavy (non-hydrogen) atoms. The van der Waals surface area contributed by atoms with Crippen LogP contribution in [0.15, 0.2) is 42.5 Å². The number of carbonyl (C=O) groups is 4. The van der Waals surface area contributed by atoms with Crippen LogP contribution in [0.25, 0.3) is 0 Å². The minimum atomic E-state index is -3.75. The van der Waals surface area contributed by atoms with Gasteiger partial charge in [-0.3, -0.25) is 24.5 Å². The maximum Gasteiger partial charge on any atom is 0.349 e. The lowest BCUT2D eigenvalue weighted by atomic mass is 9.48. The van der Waals surface area contributed by atoms with Crippen LogP contribution >= 0.6 is 11.6 Å². The molecule has 3 atom stereocenters. The van der Waals surface area contributed by atoms with Gasteiger partial charge in [0.15, 0.2) is 0 Å². The Hall–Kier alpha value is -3.14. The molecule has 178 valence electrons. The lowest BCUT2D eigenvalue weighted by Gasteiger charge is -2.47. The van der Waals surface area contributed by atoms with Gasteiger partial charge < -0.3 is 10.2 Å². The van der Waals surface area contributed by atoms with Crippen LogP contribution < -0.4 is 10.6 Å². The van der Waals surface area contributed by atoms with Crippen molar-refractivity contribution in [1.82, 2.24) is 15.5 Å². The van der Waals surface area contributed by atoms with Gasteiger partial charge in [0.25, 0.3) is 11.8 Å². The summed E-state index contributed by atoms with van der Waals surface area (Å²) in [5, 5.41) is 4.87. The van der Waals surface area contributed by atoms with E-state index in [-0.39, 0.29) is 29.9 Å². The number of nitrogens with zero attached hydrogens (tertiary/aromatic N) is 1. The first kappa shape index (κ1) is 25.0. The van der Waals surface area contributed by atoms with E-state index in [9.17, 15) is 28.0 Å². The molecule has 0 aliphatic carbocycles. The number of hydrogen-bond donors (Lipinski definition) is 2. The van der Waals surface area contributed by atoms with Crippen LogP contribution in [-0.4, -0.2) is 57.5 Å². The average molecular weight is 497 g/mol. The number of benzene rings is 2. The molecular formula is C22H21B3ClF2N3O4. The summed E-state index contributed by atoms with van der Waals surface area (Å²) in [5.74, 6) is -7.36. The van der Waals surface area contributed by atoms with Gasteiger partial charge in [0.05, 0.1) is 5.44 Å². The minimum absolute atomic E-state index is 0.117. The van der Waals surface area contributed by atoms with Gasteiger partial charge in [0.2, 0.25) is 11.8 Å².